The maximum Gasteiger partial charge on any atom is 0.180 e. The van der Waals surface area contributed by atoms with E-state index in [9.17, 15) is 5.11 Å². The van der Waals surface area contributed by atoms with Gasteiger partial charge in [-0.05, 0) is 30.6 Å². The number of rotatable bonds is 3. The third kappa shape index (κ3) is 4.13. The first-order valence-corrected chi connectivity index (χ1v) is 9.80. The van der Waals surface area contributed by atoms with Crippen LogP contribution in [0, 0.1) is 11.3 Å². The molecule has 0 aromatic heterocycles. The zero-order valence-corrected chi connectivity index (χ0v) is 15.9. The van der Waals surface area contributed by atoms with E-state index >= 15 is 0 Å². The molecule has 0 bridgehead atoms. The fourth-order valence-corrected chi connectivity index (χ4v) is 4.66. The summed E-state index contributed by atoms with van der Waals surface area (Å²) >= 11 is 0. The maximum atomic E-state index is 10.8. The lowest BCUT2D eigenvalue weighted by Gasteiger charge is -2.45. The minimum atomic E-state index is -0.238. The van der Waals surface area contributed by atoms with Gasteiger partial charge in [0.1, 0.15) is 12.1 Å². The van der Waals surface area contributed by atoms with Gasteiger partial charge < -0.3 is 14.6 Å². The molecular formula is C20H35NO3. The van der Waals surface area contributed by atoms with Crippen LogP contribution in [0.25, 0.3) is 0 Å². The van der Waals surface area contributed by atoms with Gasteiger partial charge in [0, 0.05) is 19.8 Å². The Labute approximate surface area is 147 Å². The summed E-state index contributed by atoms with van der Waals surface area (Å²) in [6.45, 7) is 9.32. The minimum absolute atomic E-state index is 0.0769. The van der Waals surface area contributed by atoms with E-state index in [1.54, 1.807) is 0 Å². The van der Waals surface area contributed by atoms with Crippen molar-refractivity contribution in [3.8, 4) is 0 Å². The van der Waals surface area contributed by atoms with E-state index in [1.165, 1.54) is 32.1 Å². The molecule has 2 heterocycles. The van der Waals surface area contributed by atoms with Crippen molar-refractivity contribution in [1.82, 2.24) is 0 Å². The van der Waals surface area contributed by atoms with Gasteiger partial charge in [-0.15, -0.1) is 0 Å². The van der Waals surface area contributed by atoms with Crippen molar-refractivity contribution in [3.05, 3.63) is 0 Å². The Morgan fingerprint density at radius 3 is 2.50 bits per heavy atom. The number of aliphatic hydroxyl groups excluding tert-OH is 1. The van der Waals surface area contributed by atoms with Crippen molar-refractivity contribution >= 4 is 5.90 Å². The van der Waals surface area contributed by atoms with Crippen LogP contribution in [-0.4, -0.2) is 41.5 Å². The van der Waals surface area contributed by atoms with Gasteiger partial charge in [0.15, 0.2) is 5.90 Å². The first kappa shape index (κ1) is 18.2. The lowest BCUT2D eigenvalue weighted by molar-refractivity contribution is -0.138. The highest BCUT2D eigenvalue weighted by atomic mass is 16.5. The fraction of sp³-hybridized carbons (Fsp3) is 0.950. The van der Waals surface area contributed by atoms with Crippen LogP contribution in [0.4, 0.5) is 0 Å². The average molecular weight is 338 g/mol. The quantitative estimate of drug-likeness (QED) is 0.843. The summed E-state index contributed by atoms with van der Waals surface area (Å²) in [5.74, 6) is 1.26. The Balaban J connectivity index is 1.69. The van der Waals surface area contributed by atoms with Crippen LogP contribution in [-0.2, 0) is 9.47 Å². The van der Waals surface area contributed by atoms with Crippen molar-refractivity contribution in [1.29, 1.82) is 0 Å². The standard InChI is InChI=1S/C20H35NO3/c1-14-21-20(13-23-14)11-16(24-18(12-20)19(2,3)4)10-17(22)15-8-6-5-7-9-15/h15-18,22H,5-13H2,1-4H3/t16-,17-,18-,20+/m1/s1. The second kappa shape index (κ2) is 6.95. The SMILES string of the molecule is CC1=N[C@@]2(CO1)C[C@@H](C[C@@H](O)C1CCCCC1)O[C@@H](C(C)(C)C)C2. The highest BCUT2D eigenvalue weighted by Crippen LogP contribution is 2.43. The summed E-state index contributed by atoms with van der Waals surface area (Å²) in [7, 11) is 0. The van der Waals surface area contributed by atoms with E-state index in [0.717, 1.165) is 25.2 Å². The van der Waals surface area contributed by atoms with E-state index in [0.29, 0.717) is 12.5 Å². The molecule has 1 saturated carbocycles. The molecule has 1 saturated heterocycles. The monoisotopic (exact) mass is 337 g/mol. The van der Waals surface area contributed by atoms with Gasteiger partial charge in [0.2, 0.25) is 0 Å². The molecule has 138 valence electrons. The maximum absolute atomic E-state index is 10.8. The second-order valence-electron chi connectivity index (χ2n) is 9.37. The van der Waals surface area contributed by atoms with E-state index in [2.05, 4.69) is 20.8 Å². The van der Waals surface area contributed by atoms with Gasteiger partial charge in [0.25, 0.3) is 0 Å². The van der Waals surface area contributed by atoms with Crippen LogP contribution in [0.15, 0.2) is 4.99 Å². The summed E-state index contributed by atoms with van der Waals surface area (Å²) in [6.07, 6.45) is 8.73. The van der Waals surface area contributed by atoms with Gasteiger partial charge in [-0.1, -0.05) is 40.0 Å². The number of hydrogen-bond acceptors (Lipinski definition) is 4. The molecule has 0 aromatic carbocycles. The van der Waals surface area contributed by atoms with Gasteiger partial charge >= 0.3 is 0 Å². The summed E-state index contributed by atoms with van der Waals surface area (Å²) in [5, 5.41) is 10.8. The molecule has 3 aliphatic rings. The predicted octanol–water partition coefficient (Wildman–Crippen LogP) is 4.10. The molecule has 0 aromatic rings. The Morgan fingerprint density at radius 2 is 1.92 bits per heavy atom. The Morgan fingerprint density at radius 1 is 1.21 bits per heavy atom. The molecular weight excluding hydrogens is 302 g/mol. The van der Waals surface area contributed by atoms with E-state index in [1.807, 2.05) is 6.92 Å². The van der Waals surface area contributed by atoms with Gasteiger partial charge in [-0.25, -0.2) is 4.99 Å². The molecule has 0 unspecified atom stereocenters. The molecule has 2 fully saturated rings. The predicted molar refractivity (Wildman–Crippen MR) is 96.3 cm³/mol. The Hall–Kier alpha value is -0.610. The summed E-state index contributed by atoms with van der Waals surface area (Å²) < 4.78 is 12.2. The van der Waals surface area contributed by atoms with Crippen LogP contribution in [0.5, 0.6) is 0 Å². The minimum Gasteiger partial charge on any atom is -0.479 e. The molecule has 0 amide bonds. The molecule has 24 heavy (non-hydrogen) atoms. The van der Waals surface area contributed by atoms with Crippen LogP contribution < -0.4 is 0 Å². The number of aliphatic hydroxyl groups is 1. The molecule has 4 atom stereocenters. The highest BCUT2D eigenvalue weighted by Gasteiger charge is 2.48. The van der Waals surface area contributed by atoms with Crippen LogP contribution >= 0.6 is 0 Å². The lowest BCUT2D eigenvalue weighted by atomic mass is 9.74. The highest BCUT2D eigenvalue weighted by molar-refractivity contribution is 5.75. The molecule has 1 N–H and O–H groups in total. The molecule has 0 radical (unpaired) electrons. The van der Waals surface area contributed by atoms with Crippen molar-refractivity contribution in [2.75, 3.05) is 6.61 Å². The molecule has 1 aliphatic carbocycles. The Kier molecular flexibility index (Phi) is 5.27. The Bertz CT molecular complexity index is 464. The van der Waals surface area contributed by atoms with E-state index < -0.39 is 0 Å². The first-order valence-electron chi connectivity index (χ1n) is 9.80. The van der Waals surface area contributed by atoms with Crippen molar-refractivity contribution in [3.63, 3.8) is 0 Å². The summed E-state index contributed by atoms with van der Waals surface area (Å²) in [4.78, 5) is 4.85. The molecule has 2 aliphatic heterocycles. The van der Waals surface area contributed by atoms with Crippen LogP contribution in [0.2, 0.25) is 0 Å². The fourth-order valence-electron chi connectivity index (χ4n) is 4.66. The van der Waals surface area contributed by atoms with Crippen molar-refractivity contribution in [2.45, 2.75) is 103 Å². The lowest BCUT2D eigenvalue weighted by Crippen LogP contribution is -2.50. The normalized spacial score (nSPS) is 36.5. The van der Waals surface area contributed by atoms with Crippen LogP contribution in [0.1, 0.15) is 79.1 Å². The molecule has 4 nitrogen and oxygen atoms in total. The zero-order chi connectivity index (χ0) is 17.4. The van der Waals surface area contributed by atoms with Gasteiger partial charge in [0.05, 0.1) is 18.3 Å². The average Bonchev–Trinajstić information content (AvgIpc) is 2.87. The number of ether oxygens (including phenoxy) is 2. The topological polar surface area (TPSA) is 51.0 Å². The van der Waals surface area contributed by atoms with Gasteiger partial charge in [-0.3, -0.25) is 0 Å². The molecule has 4 heteroatoms. The van der Waals surface area contributed by atoms with Gasteiger partial charge in [-0.2, -0.15) is 0 Å². The van der Waals surface area contributed by atoms with E-state index in [-0.39, 0.29) is 29.3 Å². The second-order valence-corrected chi connectivity index (χ2v) is 9.37. The third-order valence-electron chi connectivity index (χ3n) is 6.14. The van der Waals surface area contributed by atoms with Crippen molar-refractivity contribution in [2.24, 2.45) is 16.3 Å². The third-order valence-corrected chi connectivity index (χ3v) is 6.14. The number of nitrogens with zero attached hydrogens (tertiary/aromatic N) is 1. The zero-order valence-electron chi connectivity index (χ0n) is 15.9. The largest absolute Gasteiger partial charge is 0.479 e. The first-order chi connectivity index (χ1) is 11.3. The molecule has 3 rings (SSSR count). The summed E-state index contributed by atoms with van der Waals surface area (Å²) in [5.41, 5.74) is -0.0648. The molecule has 1 spiro atoms. The van der Waals surface area contributed by atoms with Crippen molar-refractivity contribution < 1.29 is 14.6 Å². The number of aliphatic imine (C=N–C) groups is 1. The smallest absolute Gasteiger partial charge is 0.180 e. The van der Waals surface area contributed by atoms with Crippen LogP contribution in [0.3, 0.4) is 0 Å². The summed E-state index contributed by atoms with van der Waals surface area (Å²) in [6, 6.07) is 0. The number of hydrogen-bond donors (Lipinski definition) is 1. The van der Waals surface area contributed by atoms with E-state index in [4.69, 9.17) is 14.5 Å².